The lowest BCUT2D eigenvalue weighted by Crippen LogP contribution is -2.27. The van der Waals surface area contributed by atoms with E-state index in [1.165, 1.54) is 11.6 Å². The predicted molar refractivity (Wildman–Crippen MR) is 104 cm³/mol. The van der Waals surface area contributed by atoms with E-state index in [4.69, 9.17) is 21.1 Å². The molecule has 0 spiro atoms. The van der Waals surface area contributed by atoms with E-state index in [0.29, 0.717) is 22.1 Å². The number of halogens is 1. The van der Waals surface area contributed by atoms with Crippen LogP contribution in [0.5, 0.6) is 11.5 Å². The van der Waals surface area contributed by atoms with Crippen LogP contribution in [0.15, 0.2) is 42.0 Å². The Morgan fingerprint density at radius 2 is 1.96 bits per heavy atom. The van der Waals surface area contributed by atoms with Crippen LogP contribution < -0.4 is 14.8 Å². The number of carbonyl (C=O) groups is 1. The van der Waals surface area contributed by atoms with Gasteiger partial charge in [0.1, 0.15) is 11.6 Å². The third-order valence-corrected chi connectivity index (χ3v) is 4.72. The summed E-state index contributed by atoms with van der Waals surface area (Å²) in [5.74, 6) is 0.621. The summed E-state index contributed by atoms with van der Waals surface area (Å²) in [5.41, 5.74) is 2.69. The molecule has 1 N–H and O–H groups in total. The highest BCUT2D eigenvalue weighted by atomic mass is 35.5. The van der Waals surface area contributed by atoms with Gasteiger partial charge in [0.05, 0.1) is 11.1 Å². The summed E-state index contributed by atoms with van der Waals surface area (Å²) in [5, 5.41) is 12.6. The largest absolute Gasteiger partial charge is 0.454 e. The summed E-state index contributed by atoms with van der Waals surface area (Å²) in [6.07, 6.45) is 2.41. The van der Waals surface area contributed by atoms with Crippen LogP contribution in [0.2, 0.25) is 5.02 Å². The van der Waals surface area contributed by atoms with Gasteiger partial charge in [-0.05, 0) is 42.2 Å². The minimum Gasteiger partial charge on any atom is -0.454 e. The molecule has 3 rings (SSSR count). The molecule has 0 radical (unpaired) electrons. The van der Waals surface area contributed by atoms with E-state index in [1.54, 1.807) is 12.1 Å². The van der Waals surface area contributed by atoms with Gasteiger partial charge in [0, 0.05) is 6.07 Å². The molecule has 2 aromatic carbocycles. The van der Waals surface area contributed by atoms with Crippen molar-refractivity contribution in [1.82, 2.24) is 5.32 Å². The zero-order valence-corrected chi connectivity index (χ0v) is 15.8. The third kappa shape index (κ3) is 4.24. The lowest BCUT2D eigenvalue weighted by Gasteiger charge is -2.14. The number of hydrogen-bond acceptors (Lipinski definition) is 4. The lowest BCUT2D eigenvalue weighted by atomic mass is 10.0. The monoisotopic (exact) mass is 382 g/mol. The molecule has 27 heavy (non-hydrogen) atoms. The molecule has 1 aliphatic rings. The van der Waals surface area contributed by atoms with Crippen molar-refractivity contribution in [2.75, 3.05) is 6.79 Å². The number of ether oxygens (including phenoxy) is 2. The van der Waals surface area contributed by atoms with E-state index in [1.807, 2.05) is 37.3 Å². The first kappa shape index (κ1) is 18.8. The first-order valence-electron chi connectivity index (χ1n) is 8.62. The van der Waals surface area contributed by atoms with Gasteiger partial charge in [0.25, 0.3) is 5.91 Å². The van der Waals surface area contributed by atoms with Crippen LogP contribution in [0.3, 0.4) is 0 Å². The molecule has 0 bridgehead atoms. The highest BCUT2D eigenvalue weighted by Crippen LogP contribution is 2.37. The standard InChI is InChI=1S/C21H19ClN2O3/c1-3-14-4-6-15(7-5-14)13(2)24-21(25)17(11-23)8-16-9-19-20(10-18(16)22)27-12-26-19/h4-10,13H,3,12H2,1-2H3,(H,24,25)/b17-8+. The molecular formula is C21H19ClN2O3. The van der Waals surface area contributed by atoms with Gasteiger partial charge in [-0.15, -0.1) is 0 Å². The maximum atomic E-state index is 12.5. The summed E-state index contributed by atoms with van der Waals surface area (Å²) in [6.45, 7) is 4.09. The second-order valence-corrected chi connectivity index (χ2v) is 6.59. The molecule has 1 aliphatic heterocycles. The Morgan fingerprint density at radius 3 is 2.59 bits per heavy atom. The van der Waals surface area contributed by atoms with Gasteiger partial charge in [-0.1, -0.05) is 42.8 Å². The maximum absolute atomic E-state index is 12.5. The van der Waals surface area contributed by atoms with Crippen LogP contribution in [0, 0.1) is 11.3 Å². The average Bonchev–Trinajstić information content (AvgIpc) is 3.12. The number of nitriles is 1. The number of fused-ring (bicyclic) bond motifs is 1. The lowest BCUT2D eigenvalue weighted by molar-refractivity contribution is -0.117. The molecule has 1 heterocycles. The van der Waals surface area contributed by atoms with Gasteiger partial charge in [-0.25, -0.2) is 0 Å². The van der Waals surface area contributed by atoms with E-state index in [0.717, 1.165) is 12.0 Å². The van der Waals surface area contributed by atoms with E-state index < -0.39 is 5.91 Å². The van der Waals surface area contributed by atoms with Crippen molar-refractivity contribution in [2.24, 2.45) is 0 Å². The van der Waals surface area contributed by atoms with E-state index >= 15 is 0 Å². The second kappa shape index (κ2) is 8.15. The Kier molecular flexibility index (Phi) is 5.68. The molecule has 1 unspecified atom stereocenters. The molecule has 0 fully saturated rings. The topological polar surface area (TPSA) is 71.4 Å². The van der Waals surface area contributed by atoms with Crippen LogP contribution in [0.25, 0.3) is 6.08 Å². The zero-order valence-electron chi connectivity index (χ0n) is 15.1. The molecule has 1 atom stereocenters. The number of amides is 1. The Labute approximate surface area is 163 Å². The van der Waals surface area contributed by atoms with Gasteiger partial charge < -0.3 is 14.8 Å². The fraction of sp³-hybridized carbons (Fsp3) is 0.238. The Balaban J connectivity index is 1.77. The Bertz CT molecular complexity index is 930. The summed E-state index contributed by atoms with van der Waals surface area (Å²) in [4.78, 5) is 12.5. The van der Waals surface area contributed by atoms with Crippen molar-refractivity contribution < 1.29 is 14.3 Å². The Hall–Kier alpha value is -2.97. The summed E-state index contributed by atoms with van der Waals surface area (Å²) < 4.78 is 10.6. The maximum Gasteiger partial charge on any atom is 0.262 e. The number of rotatable bonds is 5. The second-order valence-electron chi connectivity index (χ2n) is 6.19. The molecular weight excluding hydrogens is 364 g/mol. The van der Waals surface area contributed by atoms with Crippen molar-refractivity contribution >= 4 is 23.6 Å². The van der Waals surface area contributed by atoms with Crippen molar-refractivity contribution in [2.45, 2.75) is 26.3 Å². The predicted octanol–water partition coefficient (Wildman–Crippen LogP) is 4.42. The molecule has 5 nitrogen and oxygen atoms in total. The van der Waals surface area contributed by atoms with E-state index in [9.17, 15) is 10.1 Å². The van der Waals surface area contributed by atoms with Gasteiger partial charge >= 0.3 is 0 Å². The fourth-order valence-electron chi connectivity index (χ4n) is 2.75. The van der Waals surface area contributed by atoms with Crippen LogP contribution in [-0.4, -0.2) is 12.7 Å². The van der Waals surface area contributed by atoms with Crippen LogP contribution in [0.4, 0.5) is 0 Å². The van der Waals surface area contributed by atoms with Gasteiger partial charge in [0.15, 0.2) is 11.5 Å². The van der Waals surface area contributed by atoms with Crippen molar-refractivity contribution in [3.05, 3.63) is 63.7 Å². The molecule has 0 aliphatic carbocycles. The number of nitrogens with zero attached hydrogens (tertiary/aromatic N) is 1. The molecule has 0 saturated carbocycles. The minimum absolute atomic E-state index is 0.0345. The molecule has 0 saturated heterocycles. The molecule has 0 aromatic heterocycles. The zero-order chi connectivity index (χ0) is 19.4. The number of aryl methyl sites for hydroxylation is 1. The third-order valence-electron chi connectivity index (χ3n) is 4.39. The average molecular weight is 383 g/mol. The highest BCUT2D eigenvalue weighted by molar-refractivity contribution is 6.32. The first-order valence-corrected chi connectivity index (χ1v) is 9.00. The number of nitrogens with one attached hydrogen (secondary N) is 1. The summed E-state index contributed by atoms with van der Waals surface area (Å²) >= 11 is 6.22. The van der Waals surface area contributed by atoms with E-state index in [-0.39, 0.29) is 18.4 Å². The SMILES string of the molecule is CCc1ccc(C(C)NC(=O)/C(C#N)=C/c2cc3c(cc2Cl)OCO3)cc1. The molecule has 2 aromatic rings. The normalized spacial score (nSPS) is 13.8. The Morgan fingerprint density at radius 1 is 1.30 bits per heavy atom. The van der Waals surface area contributed by atoms with Crippen molar-refractivity contribution in [1.29, 1.82) is 5.26 Å². The highest BCUT2D eigenvalue weighted by Gasteiger charge is 2.18. The minimum atomic E-state index is -0.460. The number of benzene rings is 2. The van der Waals surface area contributed by atoms with Gasteiger partial charge in [-0.3, -0.25) is 4.79 Å². The quantitative estimate of drug-likeness (QED) is 0.614. The molecule has 6 heteroatoms. The molecule has 138 valence electrons. The summed E-state index contributed by atoms with van der Waals surface area (Å²) in [6, 6.07) is 13.0. The van der Waals surface area contributed by atoms with Crippen LogP contribution in [0.1, 0.15) is 36.6 Å². The fourth-order valence-corrected chi connectivity index (χ4v) is 2.96. The smallest absolute Gasteiger partial charge is 0.262 e. The van der Waals surface area contributed by atoms with Crippen molar-refractivity contribution in [3.63, 3.8) is 0 Å². The number of carbonyl (C=O) groups excluding carboxylic acids is 1. The van der Waals surface area contributed by atoms with E-state index in [2.05, 4.69) is 12.2 Å². The first-order chi connectivity index (χ1) is 13.0. The van der Waals surface area contributed by atoms with Crippen LogP contribution >= 0.6 is 11.6 Å². The number of hydrogen-bond donors (Lipinski definition) is 1. The van der Waals surface area contributed by atoms with Crippen LogP contribution in [-0.2, 0) is 11.2 Å². The van der Waals surface area contributed by atoms with Crippen molar-refractivity contribution in [3.8, 4) is 17.6 Å². The summed E-state index contributed by atoms with van der Waals surface area (Å²) in [7, 11) is 0. The molecule has 1 amide bonds. The van der Waals surface area contributed by atoms with Gasteiger partial charge in [-0.2, -0.15) is 5.26 Å². The van der Waals surface area contributed by atoms with Gasteiger partial charge in [0.2, 0.25) is 6.79 Å².